The largest absolute Gasteiger partial charge is 0.511 e. The van der Waals surface area contributed by atoms with Gasteiger partial charge in [-0.25, -0.2) is 9.59 Å². The van der Waals surface area contributed by atoms with Crippen molar-refractivity contribution >= 4 is 41.4 Å². The van der Waals surface area contributed by atoms with E-state index in [-0.39, 0.29) is 34.6 Å². The van der Waals surface area contributed by atoms with Crippen molar-refractivity contribution in [2.24, 2.45) is 5.41 Å². The minimum absolute atomic E-state index is 0.0112. The Morgan fingerprint density at radius 3 is 2.44 bits per heavy atom. The van der Waals surface area contributed by atoms with Crippen LogP contribution in [0.4, 0.5) is 18.0 Å². The zero-order valence-electron chi connectivity index (χ0n) is 17.8. The second-order valence-corrected chi connectivity index (χ2v) is 8.58. The van der Waals surface area contributed by atoms with Gasteiger partial charge in [-0.3, -0.25) is 0 Å². The Morgan fingerprint density at radius 1 is 1.21 bits per heavy atom. The van der Waals surface area contributed by atoms with Gasteiger partial charge in [0.1, 0.15) is 19.0 Å². The van der Waals surface area contributed by atoms with E-state index in [9.17, 15) is 32.9 Å². The molecule has 1 aromatic carbocycles. The number of fused-ring (bicyclic) bond motifs is 1. The molecular weight excluding hydrogens is 514 g/mol. The van der Waals surface area contributed by atoms with Gasteiger partial charge < -0.3 is 23.8 Å². The molecule has 0 radical (unpaired) electrons. The summed E-state index contributed by atoms with van der Waals surface area (Å²) in [5.41, 5.74) is -1.89. The number of hydrogen-bond donors (Lipinski definition) is 0. The van der Waals surface area contributed by atoms with Crippen LogP contribution in [0.25, 0.3) is 6.08 Å². The quantitative estimate of drug-likeness (QED) is 0.197. The smallest absolute Gasteiger partial charge is 0.474 e. The third-order valence-corrected chi connectivity index (χ3v) is 4.57. The first-order valence-corrected chi connectivity index (χ1v) is 10.1. The standard InChI is InChI=1S/C19H18Cl2F3NO9/c1-9(33-17(27)30-7-18(2,3)8-31-25(28)29)32-16(26)12-5-10-4-11(20)6-13(21)14(10)34-15(12)19(22,23)24/h4-6,9,15H,7-8H2,1-3H3. The molecule has 0 saturated heterocycles. The average molecular weight is 532 g/mol. The van der Waals surface area contributed by atoms with Gasteiger partial charge in [0.05, 0.1) is 10.6 Å². The Hall–Kier alpha value is -2.93. The molecule has 188 valence electrons. The summed E-state index contributed by atoms with van der Waals surface area (Å²) < 4.78 is 59.8. The first-order valence-electron chi connectivity index (χ1n) is 9.35. The molecule has 15 heteroatoms. The number of carbonyl (C=O) groups excluding carboxylic acids is 2. The Bertz CT molecular complexity index is 998. The number of alkyl halides is 3. The van der Waals surface area contributed by atoms with E-state index in [4.69, 9.17) is 42.1 Å². The van der Waals surface area contributed by atoms with Crippen LogP contribution in [0, 0.1) is 15.5 Å². The van der Waals surface area contributed by atoms with Crippen molar-refractivity contribution in [1.82, 2.24) is 0 Å². The zero-order chi connectivity index (χ0) is 25.8. The van der Waals surface area contributed by atoms with E-state index in [0.717, 1.165) is 13.0 Å². The lowest BCUT2D eigenvalue weighted by molar-refractivity contribution is -0.760. The lowest BCUT2D eigenvalue weighted by Crippen LogP contribution is -2.41. The molecule has 10 nitrogen and oxygen atoms in total. The highest BCUT2D eigenvalue weighted by atomic mass is 35.5. The second-order valence-electron chi connectivity index (χ2n) is 7.74. The van der Waals surface area contributed by atoms with Gasteiger partial charge in [0.15, 0.2) is 0 Å². The van der Waals surface area contributed by atoms with Crippen LogP contribution in [0.5, 0.6) is 5.75 Å². The van der Waals surface area contributed by atoms with Gasteiger partial charge in [0, 0.05) is 22.9 Å². The first kappa shape index (κ1) is 27.3. The van der Waals surface area contributed by atoms with Crippen LogP contribution in [0.15, 0.2) is 17.7 Å². The Morgan fingerprint density at radius 2 is 1.85 bits per heavy atom. The molecule has 0 spiro atoms. The monoisotopic (exact) mass is 531 g/mol. The molecule has 2 unspecified atom stereocenters. The number of hydrogen-bond acceptors (Lipinski definition) is 9. The number of ether oxygens (including phenoxy) is 4. The number of benzene rings is 1. The first-order chi connectivity index (χ1) is 15.6. The zero-order valence-corrected chi connectivity index (χ0v) is 19.3. The van der Waals surface area contributed by atoms with Crippen LogP contribution < -0.4 is 4.74 Å². The van der Waals surface area contributed by atoms with E-state index in [1.807, 2.05) is 0 Å². The highest BCUT2D eigenvalue weighted by Crippen LogP contribution is 2.42. The van der Waals surface area contributed by atoms with Gasteiger partial charge in [-0.1, -0.05) is 37.0 Å². The van der Waals surface area contributed by atoms with Crippen LogP contribution in [0.3, 0.4) is 0 Å². The molecule has 1 aliphatic rings. The third kappa shape index (κ3) is 7.55. The van der Waals surface area contributed by atoms with Gasteiger partial charge in [-0.2, -0.15) is 13.2 Å². The fraction of sp³-hybridized carbons (Fsp3) is 0.474. The molecular formula is C19H18Cl2F3NO9. The number of rotatable bonds is 8. The van der Waals surface area contributed by atoms with Crippen molar-refractivity contribution in [3.8, 4) is 5.75 Å². The summed E-state index contributed by atoms with van der Waals surface area (Å²) >= 11 is 11.7. The Balaban J connectivity index is 2.06. The van der Waals surface area contributed by atoms with E-state index in [1.165, 1.54) is 26.0 Å². The lowest BCUT2D eigenvalue weighted by Gasteiger charge is -2.29. The highest BCUT2D eigenvalue weighted by molar-refractivity contribution is 6.36. The molecule has 2 atom stereocenters. The molecule has 0 bridgehead atoms. The minimum Gasteiger partial charge on any atom is -0.474 e. The molecule has 2 rings (SSSR count). The van der Waals surface area contributed by atoms with E-state index >= 15 is 0 Å². The molecule has 0 fully saturated rings. The van der Waals surface area contributed by atoms with Crippen LogP contribution >= 0.6 is 23.2 Å². The van der Waals surface area contributed by atoms with E-state index in [2.05, 4.69) is 4.84 Å². The van der Waals surface area contributed by atoms with Crippen LogP contribution in [-0.4, -0.2) is 49.0 Å². The molecule has 1 aliphatic heterocycles. The summed E-state index contributed by atoms with van der Waals surface area (Å²) in [5, 5.41) is 9.14. The van der Waals surface area contributed by atoms with Crippen molar-refractivity contribution in [1.29, 1.82) is 0 Å². The predicted octanol–water partition coefficient (Wildman–Crippen LogP) is 4.98. The number of carbonyl (C=O) groups is 2. The van der Waals surface area contributed by atoms with Crippen LogP contribution in [0.2, 0.25) is 10.0 Å². The van der Waals surface area contributed by atoms with Crippen LogP contribution in [-0.2, 0) is 23.8 Å². The lowest BCUT2D eigenvalue weighted by atomic mass is 9.97. The van der Waals surface area contributed by atoms with Gasteiger partial charge in [-0.15, -0.1) is 10.1 Å². The van der Waals surface area contributed by atoms with E-state index < -0.39 is 46.8 Å². The fourth-order valence-corrected chi connectivity index (χ4v) is 3.13. The normalized spacial score (nSPS) is 16.4. The maximum absolute atomic E-state index is 13.5. The maximum atomic E-state index is 13.5. The van der Waals surface area contributed by atoms with E-state index in [0.29, 0.717) is 0 Å². The van der Waals surface area contributed by atoms with Crippen molar-refractivity contribution in [3.05, 3.63) is 43.4 Å². The number of nitrogens with zero attached hydrogens (tertiary/aromatic N) is 1. The van der Waals surface area contributed by atoms with Crippen molar-refractivity contribution in [2.75, 3.05) is 13.2 Å². The summed E-state index contributed by atoms with van der Waals surface area (Å²) in [6, 6.07) is 2.42. The highest BCUT2D eigenvalue weighted by Gasteiger charge is 2.49. The number of halogens is 5. The predicted molar refractivity (Wildman–Crippen MR) is 110 cm³/mol. The van der Waals surface area contributed by atoms with Gasteiger partial charge in [0.2, 0.25) is 12.4 Å². The molecule has 34 heavy (non-hydrogen) atoms. The summed E-state index contributed by atoms with van der Waals surface area (Å²) in [7, 11) is 0. The molecule has 1 aromatic rings. The topological polar surface area (TPSA) is 123 Å². The SMILES string of the molecule is CC(OC(=O)OCC(C)(C)CO[N+](=O)[O-])OC(=O)C1=Cc2cc(Cl)cc(Cl)c2OC1C(F)(F)F. The Kier molecular flexibility index (Phi) is 8.48. The van der Waals surface area contributed by atoms with Gasteiger partial charge in [-0.05, 0) is 18.2 Å². The van der Waals surface area contributed by atoms with E-state index in [1.54, 1.807) is 0 Å². The van der Waals surface area contributed by atoms with Crippen molar-refractivity contribution < 1.29 is 51.6 Å². The van der Waals surface area contributed by atoms with Crippen molar-refractivity contribution in [2.45, 2.75) is 39.3 Å². The Labute approximate surface area is 200 Å². The molecule has 0 amide bonds. The van der Waals surface area contributed by atoms with Crippen molar-refractivity contribution in [3.63, 3.8) is 0 Å². The summed E-state index contributed by atoms with van der Waals surface area (Å²) in [6.07, 6.45) is -9.84. The summed E-state index contributed by atoms with van der Waals surface area (Å²) in [6.45, 7) is 3.30. The molecule has 0 aliphatic carbocycles. The molecule has 1 heterocycles. The fourth-order valence-electron chi connectivity index (χ4n) is 2.58. The van der Waals surface area contributed by atoms with Gasteiger partial charge in [0.25, 0.3) is 5.09 Å². The third-order valence-electron chi connectivity index (χ3n) is 4.08. The van der Waals surface area contributed by atoms with Crippen LogP contribution in [0.1, 0.15) is 26.3 Å². The van der Waals surface area contributed by atoms with Gasteiger partial charge >= 0.3 is 18.3 Å². The summed E-state index contributed by atoms with van der Waals surface area (Å²) in [4.78, 5) is 38.7. The molecule has 0 N–H and O–H groups in total. The number of esters is 1. The molecule has 0 saturated carbocycles. The summed E-state index contributed by atoms with van der Waals surface area (Å²) in [5.74, 6) is -1.80. The molecule has 0 aromatic heterocycles. The minimum atomic E-state index is -5.01. The average Bonchev–Trinajstić information content (AvgIpc) is 2.69. The second kappa shape index (κ2) is 10.6. The maximum Gasteiger partial charge on any atom is 0.511 e.